The van der Waals surface area contributed by atoms with Crippen LogP contribution < -0.4 is 5.32 Å². The SMILES string of the molecule is COCCCn1c(SCC(=O)Nc2c(C#N)oc3ccccc23)nnc1-c1ccccc1Cl. The molecule has 0 saturated carbocycles. The Morgan fingerprint density at radius 3 is 2.82 bits per heavy atom. The second kappa shape index (κ2) is 10.5. The van der Waals surface area contributed by atoms with Crippen LogP contribution in [-0.4, -0.2) is 40.1 Å². The number of carbonyl (C=O) groups excluding carboxylic acids is 1. The maximum absolute atomic E-state index is 12.7. The van der Waals surface area contributed by atoms with E-state index in [1.165, 1.54) is 11.8 Å². The molecule has 33 heavy (non-hydrogen) atoms. The van der Waals surface area contributed by atoms with Crippen molar-refractivity contribution in [1.29, 1.82) is 5.26 Å². The number of hydrogen-bond acceptors (Lipinski definition) is 7. The second-order valence-electron chi connectivity index (χ2n) is 7.04. The maximum Gasteiger partial charge on any atom is 0.234 e. The molecule has 0 aliphatic carbocycles. The summed E-state index contributed by atoms with van der Waals surface area (Å²) >= 11 is 7.63. The summed E-state index contributed by atoms with van der Waals surface area (Å²) in [5.41, 5.74) is 1.68. The van der Waals surface area contributed by atoms with E-state index in [0.29, 0.717) is 45.8 Å². The van der Waals surface area contributed by atoms with Crippen molar-refractivity contribution in [3.63, 3.8) is 0 Å². The minimum absolute atomic E-state index is 0.0679. The Bertz CT molecular complexity index is 1330. The number of fused-ring (bicyclic) bond motifs is 1. The zero-order valence-corrected chi connectivity index (χ0v) is 19.3. The zero-order chi connectivity index (χ0) is 23.2. The van der Waals surface area contributed by atoms with E-state index in [2.05, 4.69) is 15.5 Å². The van der Waals surface area contributed by atoms with Crippen molar-refractivity contribution in [2.75, 3.05) is 24.8 Å². The Hall–Kier alpha value is -3.32. The molecule has 0 saturated heterocycles. The molecule has 2 heterocycles. The number of nitrogens with one attached hydrogen (secondary N) is 1. The smallest absolute Gasteiger partial charge is 0.234 e. The number of halogens is 1. The van der Waals surface area contributed by atoms with Gasteiger partial charge < -0.3 is 19.0 Å². The molecule has 2 aromatic carbocycles. The first-order valence-corrected chi connectivity index (χ1v) is 11.5. The molecule has 2 aromatic heterocycles. The first-order chi connectivity index (χ1) is 16.1. The highest BCUT2D eigenvalue weighted by Gasteiger charge is 2.19. The molecule has 0 radical (unpaired) electrons. The summed E-state index contributed by atoms with van der Waals surface area (Å²) in [6.45, 7) is 1.19. The largest absolute Gasteiger partial charge is 0.443 e. The van der Waals surface area contributed by atoms with Crippen LogP contribution in [0.3, 0.4) is 0 Å². The quantitative estimate of drug-likeness (QED) is 0.265. The van der Waals surface area contributed by atoms with Crippen molar-refractivity contribution >= 4 is 45.9 Å². The van der Waals surface area contributed by atoms with Crippen molar-refractivity contribution in [2.24, 2.45) is 0 Å². The summed E-state index contributed by atoms with van der Waals surface area (Å²) in [5, 5.41) is 22.6. The van der Waals surface area contributed by atoms with E-state index in [0.717, 1.165) is 12.0 Å². The van der Waals surface area contributed by atoms with E-state index in [1.807, 2.05) is 34.9 Å². The molecular weight excluding hydrogens is 462 g/mol. The first kappa shape index (κ1) is 22.9. The number of rotatable bonds is 9. The van der Waals surface area contributed by atoms with Gasteiger partial charge in [0.1, 0.15) is 17.3 Å². The third-order valence-electron chi connectivity index (χ3n) is 4.86. The van der Waals surface area contributed by atoms with Gasteiger partial charge >= 0.3 is 0 Å². The molecule has 168 valence electrons. The van der Waals surface area contributed by atoms with Crippen LogP contribution in [0.5, 0.6) is 0 Å². The lowest BCUT2D eigenvalue weighted by Gasteiger charge is -2.11. The number of hydrogen-bond donors (Lipinski definition) is 1. The first-order valence-electron chi connectivity index (χ1n) is 10.1. The van der Waals surface area contributed by atoms with Crippen LogP contribution >= 0.6 is 23.4 Å². The van der Waals surface area contributed by atoms with Crippen molar-refractivity contribution in [1.82, 2.24) is 14.8 Å². The maximum atomic E-state index is 12.7. The molecule has 0 aliphatic heterocycles. The number of furan rings is 1. The Labute approximate surface area is 199 Å². The molecule has 4 rings (SSSR count). The summed E-state index contributed by atoms with van der Waals surface area (Å²) < 4.78 is 12.6. The van der Waals surface area contributed by atoms with Crippen LogP contribution in [0.1, 0.15) is 12.2 Å². The van der Waals surface area contributed by atoms with Gasteiger partial charge in [-0.05, 0) is 30.7 Å². The van der Waals surface area contributed by atoms with E-state index in [4.69, 9.17) is 20.8 Å². The Morgan fingerprint density at radius 1 is 1.24 bits per heavy atom. The lowest BCUT2D eigenvalue weighted by Crippen LogP contribution is -2.15. The molecule has 10 heteroatoms. The number of nitriles is 1. The topological polar surface area (TPSA) is 106 Å². The molecule has 4 aromatic rings. The van der Waals surface area contributed by atoms with Gasteiger partial charge in [-0.2, -0.15) is 5.26 Å². The molecular formula is C23H20ClN5O3S. The number of anilines is 1. The van der Waals surface area contributed by atoms with E-state index >= 15 is 0 Å². The summed E-state index contributed by atoms with van der Waals surface area (Å²) in [7, 11) is 1.65. The fraction of sp³-hybridized carbons (Fsp3) is 0.217. The summed E-state index contributed by atoms with van der Waals surface area (Å²) in [4.78, 5) is 12.7. The van der Waals surface area contributed by atoms with Crippen molar-refractivity contribution in [2.45, 2.75) is 18.1 Å². The van der Waals surface area contributed by atoms with Crippen LogP contribution in [-0.2, 0) is 16.1 Å². The monoisotopic (exact) mass is 481 g/mol. The summed E-state index contributed by atoms with van der Waals surface area (Å²) in [6, 6.07) is 16.6. The molecule has 1 N–H and O–H groups in total. The zero-order valence-electron chi connectivity index (χ0n) is 17.7. The minimum atomic E-state index is -0.284. The predicted octanol–water partition coefficient (Wildman–Crippen LogP) is 4.98. The minimum Gasteiger partial charge on any atom is -0.443 e. The number of amides is 1. The molecule has 0 unspecified atom stereocenters. The van der Waals surface area contributed by atoms with Crippen LogP contribution in [0.4, 0.5) is 5.69 Å². The number of thioether (sulfide) groups is 1. The van der Waals surface area contributed by atoms with Crippen molar-refractivity contribution < 1.29 is 13.9 Å². The highest BCUT2D eigenvalue weighted by molar-refractivity contribution is 7.99. The fourth-order valence-corrected chi connectivity index (χ4v) is 4.34. The molecule has 8 nitrogen and oxygen atoms in total. The molecule has 1 amide bonds. The lowest BCUT2D eigenvalue weighted by atomic mass is 10.2. The average Bonchev–Trinajstić information content (AvgIpc) is 3.39. The van der Waals surface area contributed by atoms with Gasteiger partial charge in [-0.25, -0.2) is 0 Å². The van der Waals surface area contributed by atoms with Crippen LogP contribution in [0.25, 0.3) is 22.4 Å². The van der Waals surface area contributed by atoms with E-state index in [1.54, 1.807) is 31.4 Å². The normalized spacial score (nSPS) is 10.9. The predicted molar refractivity (Wildman–Crippen MR) is 127 cm³/mol. The van der Waals surface area contributed by atoms with Crippen molar-refractivity contribution in [3.8, 4) is 17.5 Å². The molecule has 0 fully saturated rings. The van der Waals surface area contributed by atoms with Gasteiger partial charge in [0, 0.05) is 31.2 Å². The standard InChI is InChI=1S/C23H20ClN5O3S/c1-31-12-6-11-29-22(15-7-2-4-9-17(15)24)27-28-23(29)33-14-20(30)26-21-16-8-3-5-10-18(16)32-19(21)13-25/h2-5,7-10H,6,11-12,14H2,1H3,(H,26,30). The van der Waals surface area contributed by atoms with Gasteiger partial charge in [0.25, 0.3) is 0 Å². The third kappa shape index (κ3) is 5.03. The second-order valence-corrected chi connectivity index (χ2v) is 8.38. The number of para-hydroxylation sites is 1. The van der Waals surface area contributed by atoms with Gasteiger partial charge in [-0.3, -0.25) is 4.79 Å². The van der Waals surface area contributed by atoms with Gasteiger partial charge in [-0.1, -0.05) is 47.6 Å². The molecule has 0 bridgehead atoms. The van der Waals surface area contributed by atoms with Gasteiger partial charge in [-0.15, -0.1) is 10.2 Å². The van der Waals surface area contributed by atoms with Gasteiger partial charge in [0.2, 0.25) is 11.7 Å². The van der Waals surface area contributed by atoms with Crippen molar-refractivity contribution in [3.05, 3.63) is 59.3 Å². The van der Waals surface area contributed by atoms with E-state index in [-0.39, 0.29) is 17.4 Å². The molecule has 0 atom stereocenters. The Morgan fingerprint density at radius 2 is 2.03 bits per heavy atom. The summed E-state index contributed by atoms with van der Waals surface area (Å²) in [6.07, 6.45) is 0.748. The van der Waals surface area contributed by atoms with E-state index in [9.17, 15) is 10.1 Å². The van der Waals surface area contributed by atoms with Gasteiger partial charge in [0.15, 0.2) is 11.0 Å². The number of benzene rings is 2. The fourth-order valence-electron chi connectivity index (χ4n) is 3.36. The number of nitrogens with zero attached hydrogens (tertiary/aromatic N) is 4. The number of aromatic nitrogens is 3. The lowest BCUT2D eigenvalue weighted by molar-refractivity contribution is -0.113. The molecule has 0 spiro atoms. The third-order valence-corrected chi connectivity index (χ3v) is 6.15. The highest BCUT2D eigenvalue weighted by atomic mass is 35.5. The van der Waals surface area contributed by atoms with Crippen LogP contribution in [0, 0.1) is 11.3 Å². The van der Waals surface area contributed by atoms with Crippen LogP contribution in [0.2, 0.25) is 5.02 Å². The van der Waals surface area contributed by atoms with Gasteiger partial charge in [0.05, 0.1) is 10.8 Å². The Kier molecular flexibility index (Phi) is 7.29. The average molecular weight is 482 g/mol. The number of methoxy groups -OCH3 is 1. The van der Waals surface area contributed by atoms with Crippen LogP contribution in [0.15, 0.2) is 58.1 Å². The van der Waals surface area contributed by atoms with E-state index < -0.39 is 0 Å². The summed E-state index contributed by atoms with van der Waals surface area (Å²) in [5.74, 6) is 0.495. The number of ether oxygens (including phenoxy) is 1. The Balaban J connectivity index is 1.53. The number of carbonyl (C=O) groups is 1. The highest BCUT2D eigenvalue weighted by Crippen LogP contribution is 2.32. The molecule has 0 aliphatic rings.